The minimum absolute atomic E-state index is 0. The topological polar surface area (TPSA) is 41.1 Å². The van der Waals surface area contributed by atoms with E-state index in [1.54, 1.807) is 0 Å². The van der Waals surface area contributed by atoms with Crippen LogP contribution in [0.3, 0.4) is 0 Å². The van der Waals surface area contributed by atoms with E-state index in [1.165, 1.54) is 24.6 Å². The number of nitrogens with one attached hydrogen (secondary N) is 2. The molecule has 1 aliphatic heterocycles. The first-order valence-corrected chi connectivity index (χ1v) is 6.90. The predicted octanol–water partition coefficient (Wildman–Crippen LogP) is 2.74. The molecule has 1 heterocycles. The van der Waals surface area contributed by atoms with Crippen LogP contribution in [-0.4, -0.2) is 25.5 Å². The van der Waals surface area contributed by atoms with Crippen molar-refractivity contribution in [3.05, 3.63) is 34.1 Å². The second kappa shape index (κ2) is 7.82. The third kappa shape index (κ3) is 4.75. The molecule has 1 aromatic carbocycles. The first-order valence-electron chi connectivity index (χ1n) is 6.11. The standard InChI is InChI=1S/C13H16BrFN2O.ClH/c14-12-7-10(15)1-2-11(12)13(18)17-6-4-9-3-5-16-8-9;/h1-2,7,9,16H,3-6,8H2,(H,17,18);1H. The third-order valence-electron chi connectivity index (χ3n) is 3.18. The molecule has 2 N–H and O–H groups in total. The molecule has 1 saturated heterocycles. The fraction of sp³-hybridized carbons (Fsp3) is 0.462. The Kier molecular flexibility index (Phi) is 6.75. The lowest BCUT2D eigenvalue weighted by atomic mass is 10.1. The molecule has 1 aliphatic rings. The maximum atomic E-state index is 12.9. The average molecular weight is 352 g/mol. The van der Waals surface area contributed by atoms with Gasteiger partial charge in [0, 0.05) is 11.0 Å². The number of halogens is 3. The molecule has 19 heavy (non-hydrogen) atoms. The van der Waals surface area contributed by atoms with E-state index >= 15 is 0 Å². The lowest BCUT2D eigenvalue weighted by Crippen LogP contribution is -2.26. The number of amides is 1. The molecule has 0 aromatic heterocycles. The highest BCUT2D eigenvalue weighted by Gasteiger charge is 2.15. The summed E-state index contributed by atoms with van der Waals surface area (Å²) in [6.45, 7) is 2.77. The van der Waals surface area contributed by atoms with Crippen molar-refractivity contribution in [1.82, 2.24) is 10.6 Å². The Labute approximate surface area is 126 Å². The summed E-state index contributed by atoms with van der Waals surface area (Å²) < 4.78 is 13.4. The fourth-order valence-corrected chi connectivity index (χ4v) is 2.65. The van der Waals surface area contributed by atoms with Gasteiger partial charge in [0.15, 0.2) is 0 Å². The van der Waals surface area contributed by atoms with E-state index in [4.69, 9.17) is 0 Å². The van der Waals surface area contributed by atoms with Crippen LogP contribution in [0.5, 0.6) is 0 Å². The summed E-state index contributed by atoms with van der Waals surface area (Å²) in [7, 11) is 0. The van der Waals surface area contributed by atoms with Crippen LogP contribution < -0.4 is 10.6 Å². The lowest BCUT2D eigenvalue weighted by Gasteiger charge is -2.10. The Bertz CT molecular complexity index is 439. The van der Waals surface area contributed by atoms with Crippen molar-refractivity contribution in [3.8, 4) is 0 Å². The SMILES string of the molecule is Cl.O=C(NCCC1CCNC1)c1ccc(F)cc1Br. The number of hydrogen-bond donors (Lipinski definition) is 2. The second-order valence-electron chi connectivity index (χ2n) is 4.53. The van der Waals surface area contributed by atoms with Crippen LogP contribution in [0.25, 0.3) is 0 Å². The highest BCUT2D eigenvalue weighted by molar-refractivity contribution is 9.10. The molecule has 0 bridgehead atoms. The Hall–Kier alpha value is -0.650. The van der Waals surface area contributed by atoms with Gasteiger partial charge in [-0.3, -0.25) is 4.79 Å². The number of hydrogen-bond acceptors (Lipinski definition) is 2. The van der Waals surface area contributed by atoms with Crippen LogP contribution in [0.1, 0.15) is 23.2 Å². The highest BCUT2D eigenvalue weighted by atomic mass is 79.9. The summed E-state index contributed by atoms with van der Waals surface area (Å²) in [5.41, 5.74) is 0.473. The molecule has 6 heteroatoms. The third-order valence-corrected chi connectivity index (χ3v) is 3.83. The van der Waals surface area contributed by atoms with Crippen molar-refractivity contribution in [1.29, 1.82) is 0 Å². The van der Waals surface area contributed by atoms with E-state index < -0.39 is 0 Å². The van der Waals surface area contributed by atoms with Crippen molar-refractivity contribution in [2.75, 3.05) is 19.6 Å². The molecule has 3 nitrogen and oxygen atoms in total. The number of rotatable bonds is 4. The quantitative estimate of drug-likeness (QED) is 0.876. The van der Waals surface area contributed by atoms with Crippen molar-refractivity contribution >= 4 is 34.2 Å². The Balaban J connectivity index is 0.00000180. The molecule has 0 aliphatic carbocycles. The Morgan fingerprint density at radius 1 is 1.53 bits per heavy atom. The summed E-state index contributed by atoms with van der Waals surface area (Å²) in [6.07, 6.45) is 2.16. The largest absolute Gasteiger partial charge is 0.352 e. The van der Waals surface area contributed by atoms with Gasteiger partial charge < -0.3 is 10.6 Å². The predicted molar refractivity (Wildman–Crippen MR) is 79.3 cm³/mol. The van der Waals surface area contributed by atoms with Gasteiger partial charge >= 0.3 is 0 Å². The number of carbonyl (C=O) groups is 1. The molecular weight excluding hydrogens is 335 g/mol. The number of carbonyl (C=O) groups excluding carboxylic acids is 1. The zero-order valence-electron chi connectivity index (χ0n) is 10.4. The maximum Gasteiger partial charge on any atom is 0.252 e. The van der Waals surface area contributed by atoms with Crippen LogP contribution in [0.4, 0.5) is 4.39 Å². The van der Waals surface area contributed by atoms with E-state index in [-0.39, 0.29) is 24.1 Å². The first-order chi connectivity index (χ1) is 8.66. The molecule has 0 radical (unpaired) electrons. The summed E-state index contributed by atoms with van der Waals surface area (Å²) in [6, 6.07) is 4.09. The van der Waals surface area contributed by atoms with Crippen molar-refractivity contribution in [3.63, 3.8) is 0 Å². The van der Waals surface area contributed by atoms with E-state index in [1.807, 2.05) is 0 Å². The fourth-order valence-electron chi connectivity index (χ4n) is 2.12. The molecule has 1 unspecified atom stereocenters. The van der Waals surface area contributed by atoms with Crippen LogP contribution in [0, 0.1) is 11.7 Å². The highest BCUT2D eigenvalue weighted by Crippen LogP contribution is 2.18. The van der Waals surface area contributed by atoms with Gasteiger partial charge in [0.2, 0.25) is 0 Å². The summed E-state index contributed by atoms with van der Waals surface area (Å²) in [5.74, 6) is 0.144. The van der Waals surface area contributed by atoms with Gasteiger partial charge in [-0.15, -0.1) is 12.4 Å². The van der Waals surface area contributed by atoms with Gasteiger partial charge in [0.25, 0.3) is 5.91 Å². The van der Waals surface area contributed by atoms with Crippen LogP contribution in [0.15, 0.2) is 22.7 Å². The second-order valence-corrected chi connectivity index (χ2v) is 5.38. The van der Waals surface area contributed by atoms with E-state index in [0.717, 1.165) is 19.5 Å². The minimum atomic E-state index is -0.351. The van der Waals surface area contributed by atoms with Gasteiger partial charge in [-0.1, -0.05) is 0 Å². The lowest BCUT2D eigenvalue weighted by molar-refractivity contribution is 0.0951. The molecule has 1 atom stereocenters. The average Bonchev–Trinajstić information content (AvgIpc) is 2.81. The normalized spacial score (nSPS) is 17.9. The van der Waals surface area contributed by atoms with Crippen molar-refractivity contribution < 1.29 is 9.18 Å². The van der Waals surface area contributed by atoms with Gasteiger partial charge in [0.05, 0.1) is 5.56 Å². The van der Waals surface area contributed by atoms with Gasteiger partial charge in [-0.05, 0) is 66.0 Å². The van der Waals surface area contributed by atoms with E-state index in [9.17, 15) is 9.18 Å². The smallest absolute Gasteiger partial charge is 0.252 e. The molecular formula is C13H17BrClFN2O. The summed E-state index contributed by atoms with van der Waals surface area (Å²) in [5, 5.41) is 6.16. The van der Waals surface area contributed by atoms with Gasteiger partial charge in [-0.2, -0.15) is 0 Å². The zero-order valence-corrected chi connectivity index (χ0v) is 12.8. The molecule has 106 valence electrons. The van der Waals surface area contributed by atoms with Gasteiger partial charge in [-0.25, -0.2) is 4.39 Å². The zero-order chi connectivity index (χ0) is 13.0. The van der Waals surface area contributed by atoms with E-state index in [2.05, 4.69) is 26.6 Å². The minimum Gasteiger partial charge on any atom is -0.352 e. The van der Waals surface area contributed by atoms with Crippen LogP contribution >= 0.6 is 28.3 Å². The van der Waals surface area contributed by atoms with E-state index in [0.29, 0.717) is 22.5 Å². The molecule has 1 amide bonds. The Morgan fingerprint density at radius 3 is 2.95 bits per heavy atom. The first kappa shape index (κ1) is 16.4. The monoisotopic (exact) mass is 350 g/mol. The van der Waals surface area contributed by atoms with Crippen molar-refractivity contribution in [2.45, 2.75) is 12.8 Å². The molecule has 0 spiro atoms. The molecule has 1 fully saturated rings. The molecule has 2 rings (SSSR count). The van der Waals surface area contributed by atoms with Crippen molar-refractivity contribution in [2.24, 2.45) is 5.92 Å². The summed E-state index contributed by atoms with van der Waals surface area (Å²) >= 11 is 3.20. The van der Waals surface area contributed by atoms with Crippen LogP contribution in [-0.2, 0) is 0 Å². The molecule has 0 saturated carbocycles. The maximum absolute atomic E-state index is 12.9. The summed E-state index contributed by atoms with van der Waals surface area (Å²) in [4.78, 5) is 11.9. The van der Waals surface area contributed by atoms with Crippen LogP contribution in [0.2, 0.25) is 0 Å². The number of benzene rings is 1. The van der Waals surface area contributed by atoms with Gasteiger partial charge in [0.1, 0.15) is 5.82 Å². The molecule has 1 aromatic rings. The Morgan fingerprint density at radius 2 is 2.32 bits per heavy atom.